The van der Waals surface area contributed by atoms with E-state index in [-0.39, 0.29) is 11.5 Å². The molecule has 0 fully saturated rings. The number of H-pyrrole nitrogens is 1. The van der Waals surface area contributed by atoms with Gasteiger partial charge in [-0.05, 0) is 54.8 Å². The van der Waals surface area contributed by atoms with Crippen molar-refractivity contribution < 1.29 is 14.3 Å². The van der Waals surface area contributed by atoms with Gasteiger partial charge < -0.3 is 10.1 Å². The van der Waals surface area contributed by atoms with E-state index >= 15 is 0 Å². The fourth-order valence-corrected chi connectivity index (χ4v) is 1.77. The van der Waals surface area contributed by atoms with Gasteiger partial charge >= 0.3 is 5.97 Å². The zero-order valence-electron chi connectivity index (χ0n) is 9.54. The van der Waals surface area contributed by atoms with Crippen LogP contribution < -0.4 is 0 Å². The van der Waals surface area contributed by atoms with Gasteiger partial charge in [0.25, 0.3) is 0 Å². The Bertz CT molecular complexity index is 587. The molecule has 0 aliphatic rings. The Balaban J connectivity index is 2.52. The predicted octanol–water partition coefficient (Wildman–Crippen LogP) is 3.14. The van der Waals surface area contributed by atoms with Crippen LogP contribution in [0.25, 0.3) is 11.3 Å². The zero-order valence-corrected chi connectivity index (χ0v) is 9.54. The summed E-state index contributed by atoms with van der Waals surface area (Å²) in [7, 11) is 0. The highest BCUT2D eigenvalue weighted by atomic mass is 19.1. The second kappa shape index (κ2) is 4.05. The van der Waals surface area contributed by atoms with E-state index in [1.807, 2.05) is 6.92 Å². The summed E-state index contributed by atoms with van der Waals surface area (Å²) in [5.74, 6) is -1.27. The second-order valence-corrected chi connectivity index (χ2v) is 4.01. The van der Waals surface area contributed by atoms with E-state index in [9.17, 15) is 9.18 Å². The lowest BCUT2D eigenvalue weighted by Crippen LogP contribution is -1.95. The van der Waals surface area contributed by atoms with Crippen molar-refractivity contribution in [3.8, 4) is 11.3 Å². The van der Waals surface area contributed by atoms with Crippen molar-refractivity contribution in [2.24, 2.45) is 0 Å². The molecular formula is C13H12FNO2. The maximum atomic E-state index is 13.1. The van der Waals surface area contributed by atoms with Gasteiger partial charge in [0.2, 0.25) is 0 Å². The van der Waals surface area contributed by atoms with Gasteiger partial charge in [-0.15, -0.1) is 0 Å². The summed E-state index contributed by atoms with van der Waals surface area (Å²) in [5.41, 5.74) is 3.00. The molecule has 1 heterocycles. The van der Waals surface area contributed by atoms with Crippen LogP contribution in [0, 0.1) is 19.7 Å². The number of aromatic carboxylic acids is 1. The number of carbonyl (C=O) groups is 1. The van der Waals surface area contributed by atoms with Crippen LogP contribution in [0.5, 0.6) is 0 Å². The van der Waals surface area contributed by atoms with E-state index in [1.165, 1.54) is 6.07 Å². The molecule has 0 saturated carbocycles. The van der Waals surface area contributed by atoms with Crippen LogP contribution in [0.2, 0.25) is 0 Å². The molecule has 0 atom stereocenters. The van der Waals surface area contributed by atoms with Gasteiger partial charge in [0.1, 0.15) is 11.5 Å². The first-order valence-electron chi connectivity index (χ1n) is 5.18. The lowest BCUT2D eigenvalue weighted by molar-refractivity contribution is 0.0691. The predicted molar refractivity (Wildman–Crippen MR) is 62.6 cm³/mol. The van der Waals surface area contributed by atoms with Crippen molar-refractivity contribution in [3.63, 3.8) is 0 Å². The monoisotopic (exact) mass is 233 g/mol. The molecule has 0 aliphatic heterocycles. The highest BCUT2D eigenvalue weighted by Crippen LogP contribution is 2.25. The molecule has 2 N–H and O–H groups in total. The molecule has 1 aromatic heterocycles. The highest BCUT2D eigenvalue weighted by molar-refractivity contribution is 5.87. The minimum Gasteiger partial charge on any atom is -0.477 e. The molecule has 0 aliphatic carbocycles. The molecule has 0 saturated heterocycles. The summed E-state index contributed by atoms with van der Waals surface area (Å²) >= 11 is 0. The lowest BCUT2D eigenvalue weighted by Gasteiger charge is -2.03. The van der Waals surface area contributed by atoms with Crippen molar-refractivity contribution in [1.82, 2.24) is 4.98 Å². The van der Waals surface area contributed by atoms with E-state index in [2.05, 4.69) is 4.98 Å². The lowest BCUT2D eigenvalue weighted by atomic mass is 10.1. The number of benzene rings is 1. The fraction of sp³-hybridized carbons (Fsp3) is 0.154. The van der Waals surface area contributed by atoms with E-state index < -0.39 is 5.97 Å². The van der Waals surface area contributed by atoms with Crippen molar-refractivity contribution in [2.45, 2.75) is 13.8 Å². The summed E-state index contributed by atoms with van der Waals surface area (Å²) in [6, 6.07) is 6.27. The Labute approximate surface area is 97.9 Å². The second-order valence-electron chi connectivity index (χ2n) is 4.01. The van der Waals surface area contributed by atoms with Crippen LogP contribution in [0.1, 0.15) is 21.6 Å². The van der Waals surface area contributed by atoms with Gasteiger partial charge in [0.05, 0.1) is 0 Å². The Morgan fingerprint density at radius 2 is 1.94 bits per heavy atom. The number of aromatic amines is 1. The smallest absolute Gasteiger partial charge is 0.352 e. The van der Waals surface area contributed by atoms with Crippen molar-refractivity contribution in [1.29, 1.82) is 0 Å². The third kappa shape index (κ3) is 2.06. The Hall–Kier alpha value is -2.10. The first-order valence-corrected chi connectivity index (χ1v) is 5.18. The molecule has 2 aromatic rings. The van der Waals surface area contributed by atoms with E-state index in [0.29, 0.717) is 11.3 Å². The van der Waals surface area contributed by atoms with Crippen LogP contribution in [-0.4, -0.2) is 16.1 Å². The summed E-state index contributed by atoms with van der Waals surface area (Å²) in [4.78, 5) is 13.6. The third-order valence-electron chi connectivity index (χ3n) is 2.69. The number of nitrogens with one attached hydrogen (secondary N) is 1. The SMILES string of the molecule is Cc1cc(-c2[nH]c(C(=O)O)cc2C)ccc1F. The maximum Gasteiger partial charge on any atom is 0.352 e. The normalized spacial score (nSPS) is 10.5. The van der Waals surface area contributed by atoms with Gasteiger partial charge in [0, 0.05) is 5.69 Å². The number of halogens is 1. The Morgan fingerprint density at radius 1 is 1.24 bits per heavy atom. The summed E-state index contributed by atoms with van der Waals surface area (Å²) in [6.45, 7) is 3.49. The van der Waals surface area contributed by atoms with Crippen LogP contribution in [-0.2, 0) is 0 Å². The molecular weight excluding hydrogens is 221 g/mol. The molecule has 2 rings (SSSR count). The van der Waals surface area contributed by atoms with Gasteiger partial charge in [-0.25, -0.2) is 9.18 Å². The molecule has 0 unspecified atom stereocenters. The van der Waals surface area contributed by atoms with Gasteiger partial charge in [-0.3, -0.25) is 0 Å². The summed E-state index contributed by atoms with van der Waals surface area (Å²) < 4.78 is 13.1. The number of aryl methyl sites for hydroxylation is 2. The number of hydrogen-bond acceptors (Lipinski definition) is 1. The number of rotatable bonds is 2. The molecule has 1 aromatic carbocycles. The zero-order chi connectivity index (χ0) is 12.6. The average Bonchev–Trinajstić information content (AvgIpc) is 2.65. The quantitative estimate of drug-likeness (QED) is 0.837. The van der Waals surface area contributed by atoms with Crippen LogP contribution in [0.15, 0.2) is 24.3 Å². The van der Waals surface area contributed by atoms with Crippen LogP contribution >= 0.6 is 0 Å². The first-order chi connectivity index (χ1) is 7.99. The summed E-state index contributed by atoms with van der Waals surface area (Å²) in [6.07, 6.45) is 0. The Morgan fingerprint density at radius 3 is 2.47 bits per heavy atom. The summed E-state index contributed by atoms with van der Waals surface area (Å²) in [5, 5.41) is 8.88. The van der Waals surface area contributed by atoms with Gasteiger partial charge in [-0.1, -0.05) is 0 Å². The Kier molecular flexibility index (Phi) is 2.71. The largest absolute Gasteiger partial charge is 0.477 e. The van der Waals surface area contributed by atoms with E-state index in [1.54, 1.807) is 25.1 Å². The van der Waals surface area contributed by atoms with E-state index in [4.69, 9.17) is 5.11 Å². The molecule has 4 heteroatoms. The number of aromatic nitrogens is 1. The number of carboxylic acids is 1. The average molecular weight is 233 g/mol. The first kappa shape index (κ1) is 11.4. The molecule has 17 heavy (non-hydrogen) atoms. The van der Waals surface area contributed by atoms with Gasteiger partial charge in [0.15, 0.2) is 0 Å². The minimum atomic E-state index is -1.00. The third-order valence-corrected chi connectivity index (χ3v) is 2.69. The molecule has 0 spiro atoms. The molecule has 0 radical (unpaired) electrons. The fourth-order valence-electron chi connectivity index (χ4n) is 1.77. The van der Waals surface area contributed by atoms with Crippen molar-refractivity contribution in [2.75, 3.05) is 0 Å². The van der Waals surface area contributed by atoms with Crippen LogP contribution in [0.3, 0.4) is 0 Å². The van der Waals surface area contributed by atoms with Crippen molar-refractivity contribution >= 4 is 5.97 Å². The van der Waals surface area contributed by atoms with Crippen molar-refractivity contribution in [3.05, 3.63) is 46.9 Å². The highest BCUT2D eigenvalue weighted by Gasteiger charge is 2.12. The number of carboxylic acid groups (broad SMARTS) is 1. The number of hydrogen-bond donors (Lipinski definition) is 2. The molecule has 3 nitrogen and oxygen atoms in total. The molecule has 0 bridgehead atoms. The van der Waals surface area contributed by atoms with Gasteiger partial charge in [-0.2, -0.15) is 0 Å². The maximum absolute atomic E-state index is 13.1. The molecule has 88 valence electrons. The topological polar surface area (TPSA) is 53.1 Å². The molecule has 0 amide bonds. The standard InChI is InChI=1S/C13H12FNO2/c1-7-5-9(3-4-10(7)14)12-8(2)6-11(15-12)13(16)17/h3-6,15H,1-2H3,(H,16,17). The minimum absolute atomic E-state index is 0.138. The van der Waals surface area contributed by atoms with Crippen LogP contribution in [0.4, 0.5) is 4.39 Å². The van der Waals surface area contributed by atoms with E-state index in [0.717, 1.165) is 11.1 Å².